The van der Waals surface area contributed by atoms with Crippen LogP contribution in [0.15, 0.2) is 35.6 Å². The van der Waals surface area contributed by atoms with Gasteiger partial charge >= 0.3 is 0 Å². The Kier molecular flexibility index (Phi) is 4.34. The average Bonchev–Trinajstić information content (AvgIpc) is 3.61. The van der Waals surface area contributed by atoms with E-state index < -0.39 is 0 Å². The third-order valence-corrected chi connectivity index (χ3v) is 7.06. The van der Waals surface area contributed by atoms with E-state index in [2.05, 4.69) is 28.9 Å². The van der Waals surface area contributed by atoms with Gasteiger partial charge in [-0.1, -0.05) is 11.6 Å². The standard InChI is InChI=1S/C21H24ClN4OS/c1-26(14-5-6-14,15-7-8-15)21-20(28-3)24-19-18(23-10-11-25(19)21)16-9-4-13(22)12-17(16)27-2/h4,9-12,14-15H,5-8H2,1-3H3/q+1. The van der Waals surface area contributed by atoms with E-state index in [1.165, 1.54) is 31.5 Å². The molecule has 0 radical (unpaired) electrons. The van der Waals surface area contributed by atoms with Crippen molar-refractivity contribution in [3.8, 4) is 17.0 Å². The zero-order chi connectivity index (χ0) is 19.5. The van der Waals surface area contributed by atoms with Crippen LogP contribution in [0.2, 0.25) is 5.02 Å². The van der Waals surface area contributed by atoms with E-state index in [1.807, 2.05) is 24.4 Å². The van der Waals surface area contributed by atoms with Crippen molar-refractivity contribution in [2.24, 2.45) is 0 Å². The quantitative estimate of drug-likeness (QED) is 0.417. The minimum Gasteiger partial charge on any atom is -0.496 e. The molecule has 0 aliphatic heterocycles. The predicted octanol–water partition coefficient (Wildman–Crippen LogP) is 5.04. The first-order chi connectivity index (χ1) is 13.6. The number of halogens is 1. The molecule has 0 unspecified atom stereocenters. The molecule has 2 heterocycles. The summed E-state index contributed by atoms with van der Waals surface area (Å²) in [6.07, 6.45) is 11.3. The molecule has 7 heteroatoms. The van der Waals surface area contributed by atoms with Crippen LogP contribution >= 0.6 is 23.4 Å². The van der Waals surface area contributed by atoms with Crippen LogP contribution in [0, 0.1) is 0 Å². The van der Waals surface area contributed by atoms with Gasteiger partial charge in [-0.05, 0) is 24.5 Å². The first-order valence-corrected chi connectivity index (χ1v) is 11.3. The molecule has 2 aliphatic rings. The zero-order valence-corrected chi connectivity index (χ0v) is 17.9. The lowest BCUT2D eigenvalue weighted by atomic mass is 10.1. The molecule has 2 aromatic heterocycles. The number of ether oxygens (including phenoxy) is 1. The van der Waals surface area contributed by atoms with Gasteiger partial charge in [0.25, 0.3) is 0 Å². The van der Waals surface area contributed by atoms with Crippen LogP contribution in [0.1, 0.15) is 25.7 Å². The van der Waals surface area contributed by atoms with E-state index in [0.29, 0.717) is 22.9 Å². The van der Waals surface area contributed by atoms with Gasteiger partial charge < -0.3 is 4.74 Å². The first-order valence-electron chi connectivity index (χ1n) is 9.69. The van der Waals surface area contributed by atoms with Gasteiger partial charge in [0.15, 0.2) is 10.7 Å². The fourth-order valence-corrected chi connectivity index (χ4v) is 5.25. The van der Waals surface area contributed by atoms with Crippen molar-refractivity contribution in [2.45, 2.75) is 42.8 Å². The van der Waals surface area contributed by atoms with Crippen LogP contribution in [0.3, 0.4) is 0 Å². The second-order valence-electron chi connectivity index (χ2n) is 7.87. The molecule has 28 heavy (non-hydrogen) atoms. The molecule has 0 amide bonds. The highest BCUT2D eigenvalue weighted by Gasteiger charge is 2.55. The van der Waals surface area contributed by atoms with Crippen molar-refractivity contribution in [1.82, 2.24) is 18.9 Å². The second kappa shape index (κ2) is 6.65. The Labute approximate surface area is 174 Å². The predicted molar refractivity (Wildman–Crippen MR) is 116 cm³/mol. The van der Waals surface area contributed by atoms with Crippen molar-refractivity contribution in [2.75, 3.05) is 20.4 Å². The Morgan fingerprint density at radius 2 is 1.93 bits per heavy atom. The van der Waals surface area contributed by atoms with Gasteiger partial charge in [0.05, 0.1) is 26.2 Å². The number of rotatable bonds is 6. The summed E-state index contributed by atoms with van der Waals surface area (Å²) in [7, 11) is 4.06. The van der Waals surface area contributed by atoms with Gasteiger partial charge in [0, 0.05) is 48.7 Å². The lowest BCUT2D eigenvalue weighted by molar-refractivity contribution is 0.294. The summed E-state index contributed by atoms with van der Waals surface area (Å²) in [4.78, 5) is 9.74. The minimum atomic E-state index is 0.646. The number of fused-ring (bicyclic) bond motifs is 1. The molecule has 2 aliphatic carbocycles. The molecule has 0 atom stereocenters. The minimum absolute atomic E-state index is 0.646. The molecule has 0 N–H and O–H groups in total. The maximum absolute atomic E-state index is 6.17. The highest BCUT2D eigenvalue weighted by Crippen LogP contribution is 2.50. The third-order valence-electron chi connectivity index (χ3n) is 6.17. The van der Waals surface area contributed by atoms with Crippen LogP contribution in [0.4, 0.5) is 5.82 Å². The summed E-state index contributed by atoms with van der Waals surface area (Å²) in [5, 5.41) is 1.75. The number of methoxy groups -OCH3 is 1. The van der Waals surface area contributed by atoms with Crippen LogP contribution in [0.25, 0.3) is 16.9 Å². The summed E-state index contributed by atoms with van der Waals surface area (Å²) in [5.74, 6) is 2.02. The van der Waals surface area contributed by atoms with Gasteiger partial charge in [0.1, 0.15) is 11.4 Å². The monoisotopic (exact) mass is 415 g/mol. The van der Waals surface area contributed by atoms with Crippen LogP contribution in [-0.4, -0.2) is 46.9 Å². The molecule has 2 saturated carbocycles. The van der Waals surface area contributed by atoms with Crippen molar-refractivity contribution in [3.05, 3.63) is 35.6 Å². The smallest absolute Gasteiger partial charge is 0.247 e. The summed E-state index contributed by atoms with van der Waals surface area (Å²) in [6, 6.07) is 7.08. The molecule has 0 bridgehead atoms. The number of quaternary nitrogens is 1. The average molecular weight is 416 g/mol. The fraction of sp³-hybridized carbons (Fsp3) is 0.429. The van der Waals surface area contributed by atoms with Gasteiger partial charge in [0.2, 0.25) is 5.82 Å². The molecule has 0 saturated heterocycles. The maximum Gasteiger partial charge on any atom is 0.247 e. The molecular weight excluding hydrogens is 392 g/mol. The van der Waals surface area contributed by atoms with E-state index in [-0.39, 0.29) is 0 Å². The summed E-state index contributed by atoms with van der Waals surface area (Å²) < 4.78 is 8.85. The van der Waals surface area contributed by atoms with E-state index in [4.69, 9.17) is 21.3 Å². The summed E-state index contributed by atoms with van der Waals surface area (Å²) >= 11 is 7.90. The number of hydrogen-bond acceptors (Lipinski definition) is 4. The van der Waals surface area contributed by atoms with Gasteiger partial charge in [-0.3, -0.25) is 13.9 Å². The summed E-state index contributed by atoms with van der Waals surface area (Å²) in [5.41, 5.74) is 2.62. The highest BCUT2D eigenvalue weighted by atomic mass is 35.5. The number of hydrogen-bond donors (Lipinski definition) is 0. The molecular formula is C21H24ClN4OS+. The lowest BCUT2D eigenvalue weighted by Gasteiger charge is -2.34. The van der Waals surface area contributed by atoms with Gasteiger partial charge in [-0.25, -0.2) is 4.98 Å². The molecule has 146 valence electrons. The largest absolute Gasteiger partial charge is 0.496 e. The molecule has 5 nitrogen and oxygen atoms in total. The van der Waals surface area contributed by atoms with E-state index in [1.54, 1.807) is 18.9 Å². The molecule has 1 aromatic carbocycles. The van der Waals surface area contributed by atoms with E-state index in [9.17, 15) is 0 Å². The number of imidazole rings is 1. The first kappa shape index (κ1) is 18.3. The zero-order valence-electron chi connectivity index (χ0n) is 16.4. The Balaban J connectivity index is 1.76. The molecule has 3 aromatic rings. The molecule has 2 fully saturated rings. The molecule has 0 spiro atoms. The second-order valence-corrected chi connectivity index (χ2v) is 9.10. The van der Waals surface area contributed by atoms with Crippen LogP contribution in [-0.2, 0) is 0 Å². The Morgan fingerprint density at radius 3 is 2.54 bits per heavy atom. The topological polar surface area (TPSA) is 39.4 Å². The van der Waals surface area contributed by atoms with E-state index in [0.717, 1.165) is 26.4 Å². The number of thioether (sulfide) groups is 1. The SMILES string of the molecule is COc1cc(Cl)ccc1-c1nccn2c([N+](C)(C3CC3)C3CC3)c(SC)nc12. The number of nitrogens with zero attached hydrogens (tertiary/aromatic N) is 4. The highest BCUT2D eigenvalue weighted by molar-refractivity contribution is 7.98. The Bertz CT molecular complexity index is 1050. The number of benzene rings is 1. The maximum atomic E-state index is 6.17. The lowest BCUT2D eigenvalue weighted by Crippen LogP contribution is -2.50. The Morgan fingerprint density at radius 1 is 1.21 bits per heavy atom. The molecule has 5 rings (SSSR count). The van der Waals surface area contributed by atoms with Crippen molar-refractivity contribution in [1.29, 1.82) is 0 Å². The summed E-state index contributed by atoms with van der Waals surface area (Å²) in [6.45, 7) is 0. The van der Waals surface area contributed by atoms with Crippen LogP contribution < -0.4 is 9.22 Å². The normalized spacial score (nSPS) is 17.3. The van der Waals surface area contributed by atoms with Crippen molar-refractivity contribution >= 4 is 34.8 Å². The number of aromatic nitrogens is 3. The van der Waals surface area contributed by atoms with Gasteiger partial charge in [-0.15, -0.1) is 11.8 Å². The third kappa shape index (κ3) is 2.73. The van der Waals surface area contributed by atoms with Crippen LogP contribution in [0.5, 0.6) is 5.75 Å². The van der Waals surface area contributed by atoms with Crippen molar-refractivity contribution in [3.63, 3.8) is 0 Å². The van der Waals surface area contributed by atoms with E-state index >= 15 is 0 Å². The van der Waals surface area contributed by atoms with Crippen molar-refractivity contribution < 1.29 is 4.74 Å². The fourth-order valence-electron chi connectivity index (χ4n) is 4.44. The van der Waals surface area contributed by atoms with Gasteiger partial charge in [-0.2, -0.15) is 0 Å². The Hall–Kier alpha value is -1.76.